The first-order valence-corrected chi connectivity index (χ1v) is 9.11. The Kier molecular flexibility index (Phi) is 5.01. The van der Waals surface area contributed by atoms with Crippen LogP contribution in [0, 0.1) is 5.82 Å². The average Bonchev–Trinajstić information content (AvgIpc) is 2.96. The van der Waals surface area contributed by atoms with Crippen molar-refractivity contribution >= 4 is 21.4 Å². The molecule has 0 aliphatic heterocycles. The molecule has 0 bridgehead atoms. The second-order valence-electron chi connectivity index (χ2n) is 5.18. The molecular weight excluding hydrogens is 325 g/mol. The fourth-order valence-corrected chi connectivity index (χ4v) is 4.38. The monoisotopic (exact) mass is 343 g/mol. The van der Waals surface area contributed by atoms with E-state index in [2.05, 4.69) is 4.72 Å². The Morgan fingerprint density at radius 1 is 1.23 bits per heavy atom. The van der Waals surface area contributed by atoms with Crippen molar-refractivity contribution < 1.29 is 17.9 Å². The maximum Gasteiger partial charge on any atom is 0.250 e. The van der Waals surface area contributed by atoms with Crippen molar-refractivity contribution in [3.8, 4) is 0 Å². The molecule has 22 heavy (non-hydrogen) atoms. The summed E-state index contributed by atoms with van der Waals surface area (Å²) in [4.78, 5) is 0.977. The van der Waals surface area contributed by atoms with Crippen LogP contribution in [0.3, 0.4) is 0 Å². The highest BCUT2D eigenvalue weighted by atomic mass is 32.2. The maximum atomic E-state index is 12.9. The third-order valence-electron chi connectivity index (χ3n) is 3.32. The van der Waals surface area contributed by atoms with Gasteiger partial charge in [-0.3, -0.25) is 0 Å². The van der Waals surface area contributed by atoms with Crippen molar-refractivity contribution in [3.05, 3.63) is 52.7 Å². The molecule has 0 saturated heterocycles. The molecule has 0 aliphatic carbocycles. The Labute approximate surface area is 133 Å². The lowest BCUT2D eigenvalue weighted by Crippen LogP contribution is -2.38. The van der Waals surface area contributed by atoms with Crippen LogP contribution in [0.4, 0.5) is 4.39 Å². The molecule has 1 aromatic carbocycles. The normalized spacial score (nSPS) is 14.7. The molecule has 1 heterocycles. The molecule has 1 aromatic heterocycles. The largest absolute Gasteiger partial charge is 0.384 e. The number of halogens is 1. The molecule has 0 spiro atoms. The van der Waals surface area contributed by atoms with E-state index < -0.39 is 21.4 Å². The number of rotatable bonds is 6. The van der Waals surface area contributed by atoms with Crippen LogP contribution in [0.5, 0.6) is 0 Å². The Hall–Kier alpha value is -1.28. The minimum Gasteiger partial charge on any atom is -0.384 e. The summed E-state index contributed by atoms with van der Waals surface area (Å²) >= 11 is 1.21. The molecule has 4 nitrogen and oxygen atoms in total. The fourth-order valence-electron chi connectivity index (χ4n) is 1.91. The third-order valence-corrected chi connectivity index (χ3v) is 6.45. The molecule has 0 saturated carbocycles. The number of nitrogens with one attached hydrogen (secondary N) is 1. The molecule has 0 radical (unpaired) electrons. The summed E-state index contributed by atoms with van der Waals surface area (Å²) in [6.07, 6.45) is 0.771. The highest BCUT2D eigenvalue weighted by Crippen LogP contribution is 2.24. The van der Waals surface area contributed by atoms with Crippen LogP contribution in [0.15, 0.2) is 40.6 Å². The minimum atomic E-state index is -3.66. The first-order valence-electron chi connectivity index (χ1n) is 6.81. The van der Waals surface area contributed by atoms with Crippen LogP contribution in [0.25, 0.3) is 0 Å². The van der Waals surface area contributed by atoms with E-state index in [9.17, 15) is 17.9 Å². The SMILES string of the molecule is CCc1ccc(S(=O)(=O)NCC(C)(O)c2ccc(F)cc2)s1. The molecule has 0 amide bonds. The predicted molar refractivity (Wildman–Crippen MR) is 84.9 cm³/mol. The summed E-state index contributed by atoms with van der Waals surface area (Å²) in [5.74, 6) is -0.411. The van der Waals surface area contributed by atoms with Gasteiger partial charge in [0.1, 0.15) is 15.6 Å². The van der Waals surface area contributed by atoms with Gasteiger partial charge in [0, 0.05) is 11.4 Å². The van der Waals surface area contributed by atoms with Gasteiger partial charge in [0.2, 0.25) is 10.0 Å². The Bertz CT molecular complexity index is 736. The molecule has 7 heteroatoms. The first-order chi connectivity index (χ1) is 10.2. The van der Waals surface area contributed by atoms with Gasteiger partial charge >= 0.3 is 0 Å². The van der Waals surface area contributed by atoms with E-state index in [0.717, 1.165) is 11.3 Å². The standard InChI is InChI=1S/C15H18FNO3S2/c1-3-13-8-9-14(21-13)22(19,20)17-10-15(2,18)11-4-6-12(16)7-5-11/h4-9,17-18H,3,10H2,1-2H3. The van der Waals surface area contributed by atoms with E-state index in [1.54, 1.807) is 12.1 Å². The molecule has 120 valence electrons. The zero-order chi connectivity index (χ0) is 16.4. The van der Waals surface area contributed by atoms with Crippen molar-refractivity contribution in [2.45, 2.75) is 30.1 Å². The maximum absolute atomic E-state index is 12.9. The highest BCUT2D eigenvalue weighted by molar-refractivity contribution is 7.91. The molecule has 0 aliphatic rings. The van der Waals surface area contributed by atoms with Gasteiger partial charge in [-0.1, -0.05) is 19.1 Å². The van der Waals surface area contributed by atoms with Crippen LogP contribution in [0.2, 0.25) is 0 Å². The predicted octanol–water partition coefficient (Wildman–Crippen LogP) is 2.64. The summed E-state index contributed by atoms with van der Waals surface area (Å²) in [5, 5.41) is 10.4. The summed E-state index contributed by atoms with van der Waals surface area (Å²) in [6, 6.07) is 8.65. The van der Waals surface area contributed by atoms with Crippen LogP contribution in [-0.4, -0.2) is 20.1 Å². The smallest absolute Gasteiger partial charge is 0.250 e. The first kappa shape index (κ1) is 17.1. The van der Waals surface area contributed by atoms with Crippen LogP contribution >= 0.6 is 11.3 Å². The van der Waals surface area contributed by atoms with E-state index >= 15 is 0 Å². The van der Waals surface area contributed by atoms with Gasteiger partial charge in [-0.2, -0.15) is 0 Å². The fraction of sp³-hybridized carbons (Fsp3) is 0.333. The topological polar surface area (TPSA) is 66.4 Å². The summed E-state index contributed by atoms with van der Waals surface area (Å²) < 4.78 is 40.0. The van der Waals surface area contributed by atoms with Crippen LogP contribution < -0.4 is 4.72 Å². The van der Waals surface area contributed by atoms with Crippen LogP contribution in [0.1, 0.15) is 24.3 Å². The van der Waals surface area contributed by atoms with Gasteiger partial charge < -0.3 is 5.11 Å². The number of sulfonamides is 1. The van der Waals surface area contributed by atoms with Gasteiger partial charge in [-0.15, -0.1) is 11.3 Å². The van der Waals surface area contributed by atoms with E-state index in [4.69, 9.17) is 0 Å². The summed E-state index contributed by atoms with van der Waals surface area (Å²) in [6.45, 7) is 3.24. The lowest BCUT2D eigenvalue weighted by Gasteiger charge is -2.24. The molecule has 2 aromatic rings. The van der Waals surface area contributed by atoms with Gasteiger partial charge in [0.05, 0.1) is 0 Å². The zero-order valence-electron chi connectivity index (χ0n) is 12.3. The lowest BCUT2D eigenvalue weighted by molar-refractivity contribution is 0.0627. The van der Waals surface area contributed by atoms with Gasteiger partial charge in [-0.25, -0.2) is 17.5 Å². The number of hydrogen-bond donors (Lipinski definition) is 2. The number of aryl methyl sites for hydroxylation is 1. The summed E-state index contributed by atoms with van der Waals surface area (Å²) in [7, 11) is -3.66. The van der Waals surface area contributed by atoms with Crippen molar-refractivity contribution in [1.29, 1.82) is 0 Å². The molecular formula is C15H18FNO3S2. The van der Waals surface area contributed by atoms with Gasteiger partial charge in [0.25, 0.3) is 0 Å². The molecule has 1 atom stereocenters. The van der Waals surface area contributed by atoms with E-state index in [-0.39, 0.29) is 10.8 Å². The van der Waals surface area contributed by atoms with E-state index in [0.29, 0.717) is 5.56 Å². The Balaban J connectivity index is 2.11. The Morgan fingerprint density at radius 2 is 1.86 bits per heavy atom. The van der Waals surface area contributed by atoms with Crippen molar-refractivity contribution in [3.63, 3.8) is 0 Å². The highest BCUT2D eigenvalue weighted by Gasteiger charge is 2.26. The second-order valence-corrected chi connectivity index (χ2v) is 8.34. The number of benzene rings is 1. The average molecular weight is 343 g/mol. The number of aliphatic hydroxyl groups is 1. The van der Waals surface area contributed by atoms with Crippen molar-refractivity contribution in [2.24, 2.45) is 0 Å². The third kappa shape index (κ3) is 3.92. The number of thiophene rings is 1. The van der Waals surface area contributed by atoms with Gasteiger partial charge in [0.15, 0.2) is 0 Å². The van der Waals surface area contributed by atoms with E-state index in [1.807, 2.05) is 6.92 Å². The second kappa shape index (κ2) is 6.45. The quantitative estimate of drug-likeness (QED) is 0.847. The lowest BCUT2D eigenvalue weighted by atomic mass is 9.96. The molecule has 2 N–H and O–H groups in total. The zero-order valence-corrected chi connectivity index (χ0v) is 14.0. The molecule has 2 rings (SSSR count). The minimum absolute atomic E-state index is 0.194. The van der Waals surface area contributed by atoms with Gasteiger partial charge in [-0.05, 0) is 43.2 Å². The van der Waals surface area contributed by atoms with E-state index in [1.165, 1.54) is 42.5 Å². The summed E-state index contributed by atoms with van der Waals surface area (Å²) in [5.41, 5.74) is -0.983. The van der Waals surface area contributed by atoms with Crippen molar-refractivity contribution in [2.75, 3.05) is 6.54 Å². The molecule has 1 unspecified atom stereocenters. The number of hydrogen-bond acceptors (Lipinski definition) is 4. The Morgan fingerprint density at radius 3 is 2.41 bits per heavy atom. The van der Waals surface area contributed by atoms with Crippen LogP contribution in [-0.2, 0) is 22.0 Å². The van der Waals surface area contributed by atoms with Crippen molar-refractivity contribution in [1.82, 2.24) is 4.72 Å². The molecule has 0 fully saturated rings.